The standard InChI is InChI=1S/C18H21NO/c1-2-3-4-5-6-7-8-11-15-14-18(20)16-12-9-10-13-17(16)19-15/h3-4,6-7,9-10,12-13H,2,5,8,11,14H2,1H3. The van der Waals surface area contributed by atoms with E-state index in [1.165, 1.54) is 0 Å². The Labute approximate surface area is 120 Å². The fraction of sp³-hybridized carbons (Fsp3) is 0.333. The fourth-order valence-corrected chi connectivity index (χ4v) is 2.25. The molecule has 0 aromatic heterocycles. The number of hydrogen-bond acceptors (Lipinski definition) is 2. The van der Waals surface area contributed by atoms with E-state index in [1.54, 1.807) is 0 Å². The highest BCUT2D eigenvalue weighted by atomic mass is 16.1. The molecule has 0 spiro atoms. The van der Waals surface area contributed by atoms with Gasteiger partial charge >= 0.3 is 0 Å². The van der Waals surface area contributed by atoms with Gasteiger partial charge in [0, 0.05) is 17.7 Å². The third kappa shape index (κ3) is 4.02. The summed E-state index contributed by atoms with van der Waals surface area (Å²) < 4.78 is 0. The molecular formula is C18H21NO. The van der Waals surface area contributed by atoms with Crippen molar-refractivity contribution < 1.29 is 4.79 Å². The molecule has 1 aliphatic rings. The van der Waals surface area contributed by atoms with Crippen LogP contribution in [0.1, 0.15) is 49.4 Å². The second-order valence-electron chi connectivity index (χ2n) is 4.92. The van der Waals surface area contributed by atoms with Crippen LogP contribution in [0.5, 0.6) is 0 Å². The molecular weight excluding hydrogens is 246 g/mol. The monoisotopic (exact) mass is 267 g/mol. The van der Waals surface area contributed by atoms with E-state index >= 15 is 0 Å². The number of rotatable bonds is 6. The lowest BCUT2D eigenvalue weighted by molar-refractivity contribution is 0.0999. The molecule has 0 fully saturated rings. The van der Waals surface area contributed by atoms with E-state index in [1.807, 2.05) is 24.3 Å². The topological polar surface area (TPSA) is 29.4 Å². The van der Waals surface area contributed by atoms with E-state index in [2.05, 4.69) is 36.2 Å². The van der Waals surface area contributed by atoms with Crippen molar-refractivity contribution in [3.05, 3.63) is 54.1 Å². The average molecular weight is 267 g/mol. The van der Waals surface area contributed by atoms with Crippen LogP contribution in [-0.2, 0) is 0 Å². The number of Topliss-reactive ketones (excluding diaryl/α,β-unsaturated/α-hetero) is 1. The molecule has 0 radical (unpaired) electrons. The minimum Gasteiger partial charge on any atom is -0.294 e. The predicted octanol–water partition coefficient (Wildman–Crippen LogP) is 5.04. The van der Waals surface area contributed by atoms with Crippen molar-refractivity contribution in [1.29, 1.82) is 0 Å². The molecule has 0 unspecified atom stereocenters. The first-order chi connectivity index (χ1) is 9.81. The van der Waals surface area contributed by atoms with E-state index in [-0.39, 0.29) is 5.78 Å². The lowest BCUT2D eigenvalue weighted by Gasteiger charge is -2.13. The highest BCUT2D eigenvalue weighted by Gasteiger charge is 2.18. The van der Waals surface area contributed by atoms with E-state index in [0.717, 1.165) is 42.6 Å². The SMILES string of the molecule is CCC=CCC=CCCC1=Nc2ccccc2C(=O)C1. The summed E-state index contributed by atoms with van der Waals surface area (Å²) in [5, 5.41) is 0. The van der Waals surface area contributed by atoms with E-state index in [4.69, 9.17) is 0 Å². The van der Waals surface area contributed by atoms with Crippen LogP contribution in [0, 0.1) is 0 Å². The van der Waals surface area contributed by atoms with Crippen LogP contribution in [0.3, 0.4) is 0 Å². The number of fused-ring (bicyclic) bond motifs is 1. The predicted molar refractivity (Wildman–Crippen MR) is 84.9 cm³/mol. The van der Waals surface area contributed by atoms with Gasteiger partial charge in [-0.3, -0.25) is 9.79 Å². The number of ketones is 1. The lowest BCUT2D eigenvalue weighted by atomic mass is 9.98. The molecule has 1 aliphatic heterocycles. The number of carbonyl (C=O) groups excluding carboxylic acids is 1. The van der Waals surface area contributed by atoms with E-state index in [9.17, 15) is 4.79 Å². The summed E-state index contributed by atoms with van der Waals surface area (Å²) in [6.07, 6.45) is 13.1. The first kappa shape index (κ1) is 14.4. The Hall–Kier alpha value is -1.96. The van der Waals surface area contributed by atoms with Crippen LogP contribution < -0.4 is 0 Å². The van der Waals surface area contributed by atoms with Gasteiger partial charge in [0.25, 0.3) is 0 Å². The van der Waals surface area contributed by atoms with Gasteiger partial charge in [-0.15, -0.1) is 0 Å². The van der Waals surface area contributed by atoms with Crippen LogP contribution in [-0.4, -0.2) is 11.5 Å². The minimum atomic E-state index is 0.195. The number of nitrogens with zero attached hydrogens (tertiary/aromatic N) is 1. The van der Waals surface area contributed by atoms with Crippen molar-refractivity contribution in [2.24, 2.45) is 4.99 Å². The Balaban J connectivity index is 1.87. The number of para-hydroxylation sites is 1. The third-order valence-corrected chi connectivity index (χ3v) is 3.29. The molecule has 2 heteroatoms. The summed E-state index contributed by atoms with van der Waals surface area (Å²) in [6, 6.07) is 7.60. The molecule has 0 N–H and O–H groups in total. The Morgan fingerprint density at radius 1 is 1.15 bits per heavy atom. The van der Waals surface area contributed by atoms with Gasteiger partial charge in [-0.2, -0.15) is 0 Å². The summed E-state index contributed by atoms with van der Waals surface area (Å²) in [4.78, 5) is 16.6. The maximum absolute atomic E-state index is 12.0. The zero-order chi connectivity index (χ0) is 14.2. The molecule has 20 heavy (non-hydrogen) atoms. The number of carbonyl (C=O) groups is 1. The molecule has 0 saturated heterocycles. The van der Waals surface area contributed by atoms with Crippen LogP contribution >= 0.6 is 0 Å². The van der Waals surface area contributed by atoms with Gasteiger partial charge < -0.3 is 0 Å². The normalized spacial score (nSPS) is 14.8. The van der Waals surface area contributed by atoms with Crippen molar-refractivity contribution in [1.82, 2.24) is 0 Å². The van der Waals surface area contributed by atoms with Crippen molar-refractivity contribution in [2.75, 3.05) is 0 Å². The largest absolute Gasteiger partial charge is 0.294 e. The lowest BCUT2D eigenvalue weighted by Crippen LogP contribution is -2.12. The van der Waals surface area contributed by atoms with E-state index in [0.29, 0.717) is 6.42 Å². The van der Waals surface area contributed by atoms with Gasteiger partial charge in [0.15, 0.2) is 5.78 Å². The number of hydrogen-bond donors (Lipinski definition) is 0. The van der Waals surface area contributed by atoms with Crippen LogP contribution in [0.4, 0.5) is 5.69 Å². The average Bonchev–Trinajstić information content (AvgIpc) is 2.46. The molecule has 2 nitrogen and oxygen atoms in total. The molecule has 1 aromatic carbocycles. The Morgan fingerprint density at radius 2 is 1.95 bits per heavy atom. The molecule has 0 bridgehead atoms. The van der Waals surface area contributed by atoms with Crippen molar-refractivity contribution in [3.8, 4) is 0 Å². The minimum absolute atomic E-state index is 0.195. The molecule has 104 valence electrons. The number of allylic oxidation sites excluding steroid dienone is 4. The highest BCUT2D eigenvalue weighted by molar-refractivity contribution is 6.15. The molecule has 0 atom stereocenters. The molecule has 0 amide bonds. The first-order valence-electron chi connectivity index (χ1n) is 7.30. The maximum Gasteiger partial charge on any atom is 0.170 e. The second-order valence-corrected chi connectivity index (χ2v) is 4.92. The number of aliphatic imine (C=N–C) groups is 1. The van der Waals surface area contributed by atoms with Gasteiger partial charge in [0.2, 0.25) is 0 Å². The third-order valence-electron chi connectivity index (χ3n) is 3.29. The second kappa shape index (κ2) is 7.59. The first-order valence-corrected chi connectivity index (χ1v) is 7.30. The van der Waals surface area contributed by atoms with Crippen LogP contribution in [0.15, 0.2) is 53.6 Å². The Bertz CT molecular complexity index is 552. The van der Waals surface area contributed by atoms with Crippen LogP contribution in [0.2, 0.25) is 0 Å². The smallest absolute Gasteiger partial charge is 0.170 e. The summed E-state index contributed by atoms with van der Waals surface area (Å²) in [5.41, 5.74) is 2.59. The molecule has 1 heterocycles. The molecule has 1 aromatic rings. The highest BCUT2D eigenvalue weighted by Crippen LogP contribution is 2.26. The Kier molecular flexibility index (Phi) is 5.48. The molecule has 0 saturated carbocycles. The Morgan fingerprint density at radius 3 is 2.80 bits per heavy atom. The zero-order valence-corrected chi connectivity index (χ0v) is 12.0. The fourth-order valence-electron chi connectivity index (χ4n) is 2.25. The van der Waals surface area contributed by atoms with E-state index < -0.39 is 0 Å². The summed E-state index contributed by atoms with van der Waals surface area (Å²) in [6.45, 7) is 2.14. The van der Waals surface area contributed by atoms with Gasteiger partial charge in [-0.1, -0.05) is 43.4 Å². The summed E-state index contributed by atoms with van der Waals surface area (Å²) in [7, 11) is 0. The molecule has 0 aliphatic carbocycles. The zero-order valence-electron chi connectivity index (χ0n) is 12.0. The van der Waals surface area contributed by atoms with Crippen molar-refractivity contribution >= 4 is 17.2 Å². The van der Waals surface area contributed by atoms with Gasteiger partial charge in [0.1, 0.15) is 0 Å². The quantitative estimate of drug-likeness (QED) is 0.664. The number of benzene rings is 1. The van der Waals surface area contributed by atoms with Gasteiger partial charge in [-0.05, 0) is 37.8 Å². The molecule has 2 rings (SSSR count). The van der Waals surface area contributed by atoms with Crippen molar-refractivity contribution in [3.63, 3.8) is 0 Å². The summed E-state index contributed by atoms with van der Waals surface area (Å²) in [5.74, 6) is 0.195. The summed E-state index contributed by atoms with van der Waals surface area (Å²) >= 11 is 0. The maximum atomic E-state index is 12.0. The van der Waals surface area contributed by atoms with Gasteiger partial charge in [-0.25, -0.2) is 0 Å². The van der Waals surface area contributed by atoms with Crippen molar-refractivity contribution in [2.45, 2.75) is 39.0 Å². The van der Waals surface area contributed by atoms with Crippen LogP contribution in [0.25, 0.3) is 0 Å². The van der Waals surface area contributed by atoms with Gasteiger partial charge in [0.05, 0.1) is 5.69 Å².